The predicted octanol–water partition coefficient (Wildman–Crippen LogP) is 0.305. The third kappa shape index (κ3) is 2.22. The average molecular weight is 247 g/mol. The van der Waals surface area contributed by atoms with Crippen LogP contribution in [0.15, 0.2) is 18.2 Å². The number of piperazine rings is 1. The number of nitrogens with two attached hydrogens (primary N) is 1. The van der Waals surface area contributed by atoms with E-state index in [2.05, 4.69) is 5.32 Å². The maximum absolute atomic E-state index is 11.6. The molecule has 1 aromatic rings. The van der Waals surface area contributed by atoms with Gasteiger partial charge in [0.25, 0.3) is 0 Å². The van der Waals surface area contributed by atoms with Crippen molar-refractivity contribution in [3.8, 4) is 0 Å². The highest BCUT2D eigenvalue weighted by atomic mass is 16.2. The highest BCUT2D eigenvalue weighted by Gasteiger charge is 2.30. The number of anilines is 1. The minimum atomic E-state index is -0.342. The van der Waals surface area contributed by atoms with Crippen LogP contribution in [0.4, 0.5) is 5.69 Å². The zero-order valence-electron chi connectivity index (χ0n) is 10.6. The quantitative estimate of drug-likeness (QED) is 0.737. The van der Waals surface area contributed by atoms with E-state index in [1.54, 1.807) is 11.8 Å². The van der Waals surface area contributed by atoms with Crippen molar-refractivity contribution in [2.75, 3.05) is 11.4 Å². The molecule has 0 spiro atoms. The largest absolute Gasteiger partial charge is 0.350 e. The fourth-order valence-electron chi connectivity index (χ4n) is 2.12. The van der Waals surface area contributed by atoms with Crippen molar-refractivity contribution < 1.29 is 9.59 Å². The Labute approximate surface area is 106 Å². The predicted molar refractivity (Wildman–Crippen MR) is 69.0 cm³/mol. The molecular weight excluding hydrogens is 230 g/mol. The van der Waals surface area contributed by atoms with Crippen LogP contribution in [0.3, 0.4) is 0 Å². The first kappa shape index (κ1) is 12.6. The maximum atomic E-state index is 11.6. The molecule has 1 heterocycles. The van der Waals surface area contributed by atoms with Gasteiger partial charge in [0.1, 0.15) is 6.04 Å². The van der Waals surface area contributed by atoms with Crippen molar-refractivity contribution in [3.63, 3.8) is 0 Å². The van der Waals surface area contributed by atoms with Crippen LogP contribution in [-0.2, 0) is 16.1 Å². The summed E-state index contributed by atoms with van der Waals surface area (Å²) in [6, 6.07) is 5.46. The molecule has 0 bridgehead atoms. The molecule has 0 aliphatic carbocycles. The van der Waals surface area contributed by atoms with E-state index in [1.807, 2.05) is 25.1 Å². The van der Waals surface area contributed by atoms with Crippen molar-refractivity contribution in [3.05, 3.63) is 29.3 Å². The SMILES string of the molecule is Cc1cc(N2CC(=O)NC(=O)C2C)ccc1CN. The number of nitrogens with zero attached hydrogens (tertiary/aromatic N) is 1. The fourth-order valence-corrected chi connectivity index (χ4v) is 2.12. The number of rotatable bonds is 2. The van der Waals surface area contributed by atoms with Gasteiger partial charge in [-0.2, -0.15) is 0 Å². The van der Waals surface area contributed by atoms with Gasteiger partial charge in [-0.15, -0.1) is 0 Å². The van der Waals surface area contributed by atoms with Crippen LogP contribution in [0.5, 0.6) is 0 Å². The molecule has 1 fully saturated rings. The van der Waals surface area contributed by atoms with E-state index < -0.39 is 0 Å². The minimum Gasteiger partial charge on any atom is -0.350 e. The molecule has 1 atom stereocenters. The van der Waals surface area contributed by atoms with Gasteiger partial charge in [0, 0.05) is 12.2 Å². The third-order valence-corrected chi connectivity index (χ3v) is 3.30. The lowest BCUT2D eigenvalue weighted by Gasteiger charge is -2.33. The summed E-state index contributed by atoms with van der Waals surface area (Å²) in [4.78, 5) is 24.8. The first-order valence-electron chi connectivity index (χ1n) is 5.93. The van der Waals surface area contributed by atoms with Crippen molar-refractivity contribution >= 4 is 17.5 Å². The van der Waals surface area contributed by atoms with Crippen LogP contribution in [0.1, 0.15) is 18.1 Å². The van der Waals surface area contributed by atoms with Gasteiger partial charge in [-0.3, -0.25) is 14.9 Å². The topological polar surface area (TPSA) is 75.4 Å². The number of aryl methyl sites for hydroxylation is 1. The molecule has 3 N–H and O–H groups in total. The molecule has 5 heteroatoms. The van der Waals surface area contributed by atoms with E-state index in [-0.39, 0.29) is 24.4 Å². The van der Waals surface area contributed by atoms with Gasteiger partial charge in [-0.25, -0.2) is 0 Å². The number of nitrogens with one attached hydrogen (secondary N) is 1. The summed E-state index contributed by atoms with van der Waals surface area (Å²) in [6.45, 7) is 4.45. The number of carbonyl (C=O) groups is 2. The Morgan fingerprint density at radius 2 is 2.17 bits per heavy atom. The van der Waals surface area contributed by atoms with Gasteiger partial charge < -0.3 is 10.6 Å². The van der Waals surface area contributed by atoms with E-state index in [4.69, 9.17) is 5.73 Å². The molecule has 2 rings (SSSR count). The Morgan fingerprint density at radius 3 is 2.78 bits per heavy atom. The average Bonchev–Trinajstić information content (AvgIpc) is 2.33. The summed E-state index contributed by atoms with van der Waals surface area (Å²) in [7, 11) is 0. The van der Waals surface area contributed by atoms with Crippen LogP contribution in [-0.4, -0.2) is 24.4 Å². The minimum absolute atomic E-state index is 0.203. The number of benzene rings is 1. The zero-order chi connectivity index (χ0) is 13.3. The van der Waals surface area contributed by atoms with Gasteiger partial charge in [0.2, 0.25) is 11.8 Å². The second-order valence-corrected chi connectivity index (χ2v) is 4.53. The Morgan fingerprint density at radius 1 is 1.44 bits per heavy atom. The molecule has 96 valence electrons. The van der Waals surface area contributed by atoms with E-state index >= 15 is 0 Å². The molecule has 1 aliphatic heterocycles. The first-order valence-corrected chi connectivity index (χ1v) is 5.93. The maximum Gasteiger partial charge on any atom is 0.249 e. The van der Waals surface area contributed by atoms with Crippen LogP contribution in [0, 0.1) is 6.92 Å². The standard InChI is InChI=1S/C13H17N3O2/c1-8-5-11(4-3-10(8)6-14)16-7-12(17)15-13(18)9(16)2/h3-5,9H,6-7,14H2,1-2H3,(H,15,17,18). The third-order valence-electron chi connectivity index (χ3n) is 3.30. The molecule has 1 unspecified atom stereocenters. The second kappa shape index (κ2) is 4.78. The van der Waals surface area contributed by atoms with Gasteiger partial charge in [-0.1, -0.05) is 6.07 Å². The number of hydrogen-bond acceptors (Lipinski definition) is 4. The molecule has 0 saturated carbocycles. The van der Waals surface area contributed by atoms with Gasteiger partial charge in [0.05, 0.1) is 6.54 Å². The smallest absolute Gasteiger partial charge is 0.249 e. The first-order chi connectivity index (χ1) is 8.52. The van der Waals surface area contributed by atoms with Crippen molar-refractivity contribution in [2.45, 2.75) is 26.4 Å². The van der Waals surface area contributed by atoms with Gasteiger partial charge >= 0.3 is 0 Å². The van der Waals surface area contributed by atoms with Crippen molar-refractivity contribution in [1.29, 1.82) is 0 Å². The van der Waals surface area contributed by atoms with Crippen LogP contribution >= 0.6 is 0 Å². The number of amides is 2. The Hall–Kier alpha value is -1.88. The molecular formula is C13H17N3O2. The monoisotopic (exact) mass is 247 g/mol. The lowest BCUT2D eigenvalue weighted by atomic mass is 10.1. The molecule has 18 heavy (non-hydrogen) atoms. The molecule has 5 nitrogen and oxygen atoms in total. The Kier molecular flexibility index (Phi) is 3.34. The summed E-state index contributed by atoms with van der Waals surface area (Å²) in [6.07, 6.45) is 0. The lowest BCUT2D eigenvalue weighted by Crippen LogP contribution is -2.57. The van der Waals surface area contributed by atoms with Crippen molar-refractivity contribution in [2.24, 2.45) is 5.73 Å². The van der Waals surface area contributed by atoms with E-state index in [9.17, 15) is 9.59 Å². The highest BCUT2D eigenvalue weighted by Crippen LogP contribution is 2.22. The zero-order valence-corrected chi connectivity index (χ0v) is 10.6. The second-order valence-electron chi connectivity index (χ2n) is 4.53. The van der Waals surface area contributed by atoms with Crippen LogP contribution < -0.4 is 16.0 Å². The molecule has 1 aliphatic rings. The Bertz CT molecular complexity index is 499. The molecule has 1 aromatic carbocycles. The lowest BCUT2D eigenvalue weighted by molar-refractivity contribution is -0.132. The van der Waals surface area contributed by atoms with E-state index in [1.165, 1.54) is 0 Å². The summed E-state index contributed by atoms with van der Waals surface area (Å²) in [5.41, 5.74) is 8.63. The highest BCUT2D eigenvalue weighted by molar-refractivity contribution is 6.04. The number of hydrogen-bond donors (Lipinski definition) is 2. The summed E-state index contributed by atoms with van der Waals surface area (Å²) >= 11 is 0. The number of imide groups is 1. The van der Waals surface area contributed by atoms with Crippen LogP contribution in [0.2, 0.25) is 0 Å². The normalized spacial score (nSPS) is 19.9. The summed E-state index contributed by atoms with van der Waals surface area (Å²) in [5, 5.41) is 2.33. The van der Waals surface area contributed by atoms with E-state index in [0.29, 0.717) is 6.54 Å². The van der Waals surface area contributed by atoms with Crippen molar-refractivity contribution in [1.82, 2.24) is 5.32 Å². The van der Waals surface area contributed by atoms with Gasteiger partial charge in [-0.05, 0) is 37.1 Å². The van der Waals surface area contributed by atoms with Gasteiger partial charge in [0.15, 0.2) is 0 Å². The molecule has 0 radical (unpaired) electrons. The fraction of sp³-hybridized carbons (Fsp3) is 0.385. The number of carbonyl (C=O) groups excluding carboxylic acids is 2. The summed E-state index contributed by atoms with van der Waals surface area (Å²) in [5.74, 6) is -0.523. The Balaban J connectivity index is 2.32. The summed E-state index contributed by atoms with van der Waals surface area (Å²) < 4.78 is 0. The molecule has 1 saturated heterocycles. The van der Waals surface area contributed by atoms with Crippen LogP contribution in [0.25, 0.3) is 0 Å². The van der Waals surface area contributed by atoms with E-state index in [0.717, 1.165) is 16.8 Å². The molecule has 0 aromatic heterocycles. The molecule has 2 amide bonds.